The molecule has 0 saturated heterocycles. The summed E-state index contributed by atoms with van der Waals surface area (Å²) in [5, 5.41) is 4.83. The zero-order chi connectivity index (χ0) is 14.7. The van der Waals surface area contributed by atoms with Crippen LogP contribution in [0.5, 0.6) is 0 Å². The lowest BCUT2D eigenvalue weighted by Crippen LogP contribution is -2.24. The van der Waals surface area contributed by atoms with Gasteiger partial charge in [0.05, 0.1) is 0 Å². The second kappa shape index (κ2) is 5.75. The number of hydrogen-bond acceptors (Lipinski definition) is 2. The van der Waals surface area contributed by atoms with Crippen molar-refractivity contribution in [3.8, 4) is 0 Å². The Morgan fingerprint density at radius 1 is 1.10 bits per heavy atom. The van der Waals surface area contributed by atoms with Crippen molar-refractivity contribution in [2.24, 2.45) is 0 Å². The minimum Gasteiger partial charge on any atom is -0.347 e. The minimum absolute atomic E-state index is 0.145. The smallest absolute Gasteiger partial charge is 0.270 e. The van der Waals surface area contributed by atoms with E-state index in [-0.39, 0.29) is 5.91 Å². The molecule has 3 nitrogen and oxygen atoms in total. The summed E-state index contributed by atoms with van der Waals surface area (Å²) in [6, 6.07) is 17.8. The maximum absolute atomic E-state index is 12.3. The Bertz CT molecular complexity index is 791. The molecule has 0 fully saturated rings. The maximum atomic E-state index is 12.3. The molecule has 21 heavy (non-hydrogen) atoms. The zero-order valence-electron chi connectivity index (χ0n) is 11.8. The van der Waals surface area contributed by atoms with Gasteiger partial charge in [0.1, 0.15) is 5.69 Å². The van der Waals surface area contributed by atoms with Gasteiger partial charge in [-0.3, -0.25) is 9.78 Å². The van der Waals surface area contributed by atoms with Crippen LogP contribution in [0.25, 0.3) is 10.8 Å². The van der Waals surface area contributed by atoms with E-state index < -0.39 is 0 Å². The fraction of sp³-hybridized carbons (Fsp3) is 0.111. The molecule has 1 N–H and O–H groups in total. The molecule has 104 valence electrons. The van der Waals surface area contributed by atoms with Crippen molar-refractivity contribution in [3.05, 3.63) is 77.6 Å². The van der Waals surface area contributed by atoms with Crippen molar-refractivity contribution in [3.63, 3.8) is 0 Å². The van der Waals surface area contributed by atoms with Crippen LogP contribution in [-0.4, -0.2) is 10.9 Å². The molecule has 3 rings (SSSR count). The molecule has 0 aliphatic heterocycles. The molecular weight excluding hydrogens is 260 g/mol. The molecule has 1 heterocycles. The van der Waals surface area contributed by atoms with Gasteiger partial charge in [-0.1, -0.05) is 54.1 Å². The third-order valence-corrected chi connectivity index (χ3v) is 3.42. The molecule has 0 saturated carbocycles. The van der Waals surface area contributed by atoms with Crippen LogP contribution < -0.4 is 5.32 Å². The molecule has 2 aromatic carbocycles. The van der Waals surface area contributed by atoms with E-state index in [1.54, 1.807) is 6.20 Å². The van der Waals surface area contributed by atoms with Gasteiger partial charge in [-0.25, -0.2) is 0 Å². The van der Waals surface area contributed by atoms with Gasteiger partial charge >= 0.3 is 0 Å². The number of benzene rings is 2. The average molecular weight is 276 g/mol. The van der Waals surface area contributed by atoms with Gasteiger partial charge in [0, 0.05) is 18.1 Å². The lowest BCUT2D eigenvalue weighted by Gasteiger charge is -2.07. The van der Waals surface area contributed by atoms with E-state index in [0.29, 0.717) is 12.2 Å². The van der Waals surface area contributed by atoms with Crippen molar-refractivity contribution >= 4 is 16.7 Å². The monoisotopic (exact) mass is 276 g/mol. The molecule has 3 heteroatoms. The van der Waals surface area contributed by atoms with Crippen LogP contribution >= 0.6 is 0 Å². The number of carbonyl (C=O) groups is 1. The molecule has 0 unspecified atom stereocenters. The van der Waals surface area contributed by atoms with Crippen LogP contribution in [0.15, 0.2) is 60.8 Å². The molecule has 0 aliphatic carbocycles. The highest BCUT2D eigenvalue weighted by molar-refractivity contribution is 6.05. The summed E-state index contributed by atoms with van der Waals surface area (Å²) in [6.45, 7) is 2.54. The number of amides is 1. The summed E-state index contributed by atoms with van der Waals surface area (Å²) in [5.74, 6) is -0.145. The quantitative estimate of drug-likeness (QED) is 0.796. The van der Waals surface area contributed by atoms with Gasteiger partial charge in [0.15, 0.2) is 0 Å². The van der Waals surface area contributed by atoms with E-state index in [2.05, 4.69) is 16.4 Å². The van der Waals surface area contributed by atoms with Gasteiger partial charge in [-0.05, 0) is 23.9 Å². The van der Waals surface area contributed by atoms with E-state index in [0.717, 1.165) is 16.3 Å². The van der Waals surface area contributed by atoms with E-state index in [1.165, 1.54) is 5.56 Å². The Kier molecular flexibility index (Phi) is 3.65. The summed E-state index contributed by atoms with van der Waals surface area (Å²) in [5.41, 5.74) is 2.74. The summed E-state index contributed by atoms with van der Waals surface area (Å²) >= 11 is 0. The highest BCUT2D eigenvalue weighted by Crippen LogP contribution is 2.16. The standard InChI is InChI=1S/C18H16N2O/c1-13-5-4-6-14(11-13)12-20-18(21)17-16-8-3-2-7-15(16)9-10-19-17/h2-11H,12H2,1H3,(H,20,21). The second-order valence-electron chi connectivity index (χ2n) is 5.05. The van der Waals surface area contributed by atoms with Crippen LogP contribution in [0.4, 0.5) is 0 Å². The Morgan fingerprint density at radius 3 is 2.81 bits per heavy atom. The summed E-state index contributed by atoms with van der Waals surface area (Å²) < 4.78 is 0. The third kappa shape index (κ3) is 2.92. The molecule has 1 amide bonds. The van der Waals surface area contributed by atoms with Crippen molar-refractivity contribution in [2.75, 3.05) is 0 Å². The molecule has 0 aliphatic rings. The van der Waals surface area contributed by atoms with Gasteiger partial charge in [0.25, 0.3) is 5.91 Å². The maximum Gasteiger partial charge on any atom is 0.270 e. The number of nitrogens with one attached hydrogen (secondary N) is 1. The van der Waals surface area contributed by atoms with Crippen molar-refractivity contribution < 1.29 is 4.79 Å². The topological polar surface area (TPSA) is 42.0 Å². The van der Waals surface area contributed by atoms with E-state index in [4.69, 9.17) is 0 Å². The molecule has 0 spiro atoms. The zero-order valence-corrected chi connectivity index (χ0v) is 11.8. The molecule has 0 bridgehead atoms. The average Bonchev–Trinajstić information content (AvgIpc) is 2.52. The number of nitrogens with zero attached hydrogens (tertiary/aromatic N) is 1. The number of aromatic nitrogens is 1. The first-order chi connectivity index (χ1) is 10.2. The summed E-state index contributed by atoms with van der Waals surface area (Å²) in [4.78, 5) is 16.6. The molecule has 3 aromatic rings. The molecule has 0 atom stereocenters. The van der Waals surface area contributed by atoms with Crippen LogP contribution in [0.1, 0.15) is 21.6 Å². The highest BCUT2D eigenvalue weighted by Gasteiger charge is 2.10. The Morgan fingerprint density at radius 2 is 1.95 bits per heavy atom. The summed E-state index contributed by atoms with van der Waals surface area (Å²) in [7, 11) is 0. The van der Waals surface area contributed by atoms with Crippen molar-refractivity contribution in [1.82, 2.24) is 10.3 Å². The Balaban J connectivity index is 1.81. The van der Waals surface area contributed by atoms with Crippen LogP contribution in [0.3, 0.4) is 0 Å². The molecular formula is C18H16N2O. The van der Waals surface area contributed by atoms with Crippen LogP contribution in [0, 0.1) is 6.92 Å². The normalized spacial score (nSPS) is 10.5. The number of carbonyl (C=O) groups excluding carboxylic acids is 1. The lowest BCUT2D eigenvalue weighted by atomic mass is 10.1. The third-order valence-electron chi connectivity index (χ3n) is 3.42. The number of fused-ring (bicyclic) bond motifs is 1. The van der Waals surface area contributed by atoms with Crippen LogP contribution in [-0.2, 0) is 6.54 Å². The van der Waals surface area contributed by atoms with Gasteiger partial charge < -0.3 is 5.32 Å². The first-order valence-electron chi connectivity index (χ1n) is 6.91. The predicted octanol–water partition coefficient (Wildman–Crippen LogP) is 3.47. The first kappa shape index (κ1) is 13.3. The molecule has 0 radical (unpaired) electrons. The largest absolute Gasteiger partial charge is 0.347 e. The summed E-state index contributed by atoms with van der Waals surface area (Å²) in [6.07, 6.45) is 1.67. The Labute approximate surface area is 123 Å². The molecule has 1 aromatic heterocycles. The van der Waals surface area contributed by atoms with Crippen LogP contribution in [0.2, 0.25) is 0 Å². The first-order valence-corrected chi connectivity index (χ1v) is 6.91. The fourth-order valence-electron chi connectivity index (χ4n) is 2.39. The SMILES string of the molecule is Cc1cccc(CNC(=O)c2nccc3ccccc23)c1. The predicted molar refractivity (Wildman–Crippen MR) is 84.1 cm³/mol. The van der Waals surface area contributed by atoms with E-state index in [9.17, 15) is 4.79 Å². The number of hydrogen-bond donors (Lipinski definition) is 1. The number of rotatable bonds is 3. The number of pyridine rings is 1. The minimum atomic E-state index is -0.145. The van der Waals surface area contributed by atoms with Gasteiger partial charge in [0.2, 0.25) is 0 Å². The second-order valence-corrected chi connectivity index (χ2v) is 5.05. The van der Waals surface area contributed by atoms with E-state index in [1.807, 2.05) is 55.5 Å². The van der Waals surface area contributed by atoms with Crippen molar-refractivity contribution in [2.45, 2.75) is 13.5 Å². The highest BCUT2D eigenvalue weighted by atomic mass is 16.1. The van der Waals surface area contributed by atoms with Crippen molar-refractivity contribution in [1.29, 1.82) is 0 Å². The lowest BCUT2D eigenvalue weighted by molar-refractivity contribution is 0.0948. The number of aryl methyl sites for hydroxylation is 1. The van der Waals surface area contributed by atoms with Gasteiger partial charge in [-0.15, -0.1) is 0 Å². The van der Waals surface area contributed by atoms with E-state index >= 15 is 0 Å². The Hall–Kier alpha value is -2.68. The van der Waals surface area contributed by atoms with Gasteiger partial charge in [-0.2, -0.15) is 0 Å². The fourth-order valence-corrected chi connectivity index (χ4v) is 2.39.